The lowest BCUT2D eigenvalue weighted by Gasteiger charge is -2.37. The van der Waals surface area contributed by atoms with Gasteiger partial charge in [-0.25, -0.2) is 4.79 Å². The number of nitrogens with one attached hydrogen (secondary N) is 1. The van der Waals surface area contributed by atoms with Crippen LogP contribution in [0.3, 0.4) is 0 Å². The van der Waals surface area contributed by atoms with Crippen molar-refractivity contribution in [3.63, 3.8) is 0 Å². The molecule has 0 aliphatic carbocycles. The third-order valence-corrected chi connectivity index (χ3v) is 6.91. The number of hydrogen-bond acceptors (Lipinski definition) is 6. The summed E-state index contributed by atoms with van der Waals surface area (Å²) in [7, 11) is 3.47. The molecule has 3 rings (SSSR count). The molecule has 2 aliphatic heterocycles. The minimum Gasteiger partial charge on any atom is -0.368 e. The molecule has 1 aromatic rings. The van der Waals surface area contributed by atoms with Crippen LogP contribution in [0.25, 0.3) is 0 Å². The normalized spacial score (nSPS) is 16.1. The summed E-state index contributed by atoms with van der Waals surface area (Å²) < 4.78 is 0. The van der Waals surface area contributed by atoms with E-state index in [9.17, 15) is 19.2 Å². The molecule has 0 unspecified atom stereocenters. The molecule has 10 heteroatoms. The maximum Gasteiger partial charge on any atom is 0.321 e. The molecule has 1 aromatic carbocycles. The van der Waals surface area contributed by atoms with Crippen LogP contribution in [0.15, 0.2) is 24.3 Å². The average molecular weight is 501 g/mol. The van der Waals surface area contributed by atoms with Crippen molar-refractivity contribution in [2.45, 2.75) is 32.1 Å². The van der Waals surface area contributed by atoms with Crippen molar-refractivity contribution in [3.05, 3.63) is 24.3 Å². The van der Waals surface area contributed by atoms with Crippen molar-refractivity contribution in [1.29, 1.82) is 0 Å². The number of urea groups is 1. The first-order valence-corrected chi connectivity index (χ1v) is 12.9. The molecular weight excluding hydrogens is 460 g/mol. The second-order valence-corrected chi connectivity index (χ2v) is 9.48. The molecule has 2 saturated heterocycles. The van der Waals surface area contributed by atoms with E-state index in [4.69, 9.17) is 0 Å². The summed E-state index contributed by atoms with van der Waals surface area (Å²) in [5, 5.41) is 2.61. The minimum atomic E-state index is -0.252. The molecule has 0 aromatic heterocycles. The Morgan fingerprint density at radius 1 is 0.889 bits per heavy atom. The van der Waals surface area contributed by atoms with Gasteiger partial charge in [0.1, 0.15) is 6.29 Å². The van der Waals surface area contributed by atoms with Gasteiger partial charge in [0.05, 0.1) is 6.54 Å². The highest BCUT2D eigenvalue weighted by molar-refractivity contribution is 5.92. The van der Waals surface area contributed by atoms with E-state index in [0.29, 0.717) is 39.1 Å². The quantitative estimate of drug-likeness (QED) is 0.488. The van der Waals surface area contributed by atoms with Crippen molar-refractivity contribution in [2.75, 3.05) is 82.8 Å². The second kappa shape index (κ2) is 13.8. The summed E-state index contributed by atoms with van der Waals surface area (Å²) in [5.41, 5.74) is 1.77. The van der Waals surface area contributed by atoms with E-state index in [0.717, 1.165) is 56.7 Å². The highest BCUT2D eigenvalue weighted by Crippen LogP contribution is 2.22. The fourth-order valence-corrected chi connectivity index (χ4v) is 4.72. The number of hydrogen-bond donors (Lipinski definition) is 1. The molecule has 10 nitrogen and oxygen atoms in total. The molecule has 0 spiro atoms. The van der Waals surface area contributed by atoms with Crippen LogP contribution in [0.5, 0.6) is 0 Å². The van der Waals surface area contributed by atoms with Gasteiger partial charge in [-0.1, -0.05) is 0 Å². The number of nitrogens with zero attached hydrogens (tertiary/aromatic N) is 5. The third-order valence-electron chi connectivity index (χ3n) is 6.91. The van der Waals surface area contributed by atoms with Crippen LogP contribution in [0, 0.1) is 0 Å². The number of piperazine rings is 1. The lowest BCUT2D eigenvalue weighted by molar-refractivity contribution is -0.135. The van der Waals surface area contributed by atoms with Gasteiger partial charge in [-0.3, -0.25) is 19.4 Å². The first-order chi connectivity index (χ1) is 17.4. The maximum atomic E-state index is 12.8. The van der Waals surface area contributed by atoms with Gasteiger partial charge >= 0.3 is 6.03 Å². The highest BCUT2D eigenvalue weighted by Gasteiger charge is 2.23. The number of carbonyl (C=O) groups is 4. The number of amides is 4. The summed E-state index contributed by atoms with van der Waals surface area (Å²) in [5.74, 6) is 0.283. The Kier molecular flexibility index (Phi) is 10.5. The largest absolute Gasteiger partial charge is 0.368 e. The predicted octanol–water partition coefficient (Wildman–Crippen LogP) is 1.40. The Bertz CT molecular complexity index is 879. The number of likely N-dealkylation sites (tertiary alicyclic amines) is 1. The van der Waals surface area contributed by atoms with E-state index in [1.54, 1.807) is 11.9 Å². The zero-order valence-electron chi connectivity index (χ0n) is 21.7. The standard InChI is InChI=1S/C26H40N6O4/c1-27-26(36)32(14-6-20-33)23-9-7-22(8-10-23)29-16-18-31(19-17-29)25(35)21-28(2)15-11-24(34)30-12-4-3-5-13-30/h7-10,20H,3-6,11-19,21H2,1-2H3,(H,27,36). The number of rotatable bonds is 10. The van der Waals surface area contributed by atoms with Gasteiger partial charge in [-0.2, -0.15) is 0 Å². The lowest BCUT2D eigenvalue weighted by Crippen LogP contribution is -2.51. The predicted molar refractivity (Wildman–Crippen MR) is 140 cm³/mol. The zero-order valence-corrected chi connectivity index (χ0v) is 21.7. The van der Waals surface area contributed by atoms with Gasteiger partial charge in [-0.05, 0) is 50.6 Å². The molecule has 0 radical (unpaired) electrons. The number of aldehydes is 1. The summed E-state index contributed by atoms with van der Waals surface area (Å²) in [4.78, 5) is 57.6. The fourth-order valence-electron chi connectivity index (χ4n) is 4.72. The van der Waals surface area contributed by atoms with Gasteiger partial charge in [0.15, 0.2) is 0 Å². The second-order valence-electron chi connectivity index (χ2n) is 9.48. The molecule has 4 amide bonds. The number of anilines is 2. The topological polar surface area (TPSA) is 96.5 Å². The molecule has 2 heterocycles. The van der Waals surface area contributed by atoms with Crippen molar-refractivity contribution < 1.29 is 19.2 Å². The summed E-state index contributed by atoms with van der Waals surface area (Å²) >= 11 is 0. The number of likely N-dealkylation sites (N-methyl/N-ethyl adjacent to an activating group) is 1. The zero-order chi connectivity index (χ0) is 25.9. The van der Waals surface area contributed by atoms with Crippen LogP contribution in [0.2, 0.25) is 0 Å². The monoisotopic (exact) mass is 500 g/mol. The Balaban J connectivity index is 1.43. The van der Waals surface area contributed by atoms with Gasteiger partial charge in [-0.15, -0.1) is 0 Å². The molecule has 2 aliphatic rings. The Morgan fingerprint density at radius 2 is 1.53 bits per heavy atom. The lowest BCUT2D eigenvalue weighted by atomic mass is 10.1. The van der Waals surface area contributed by atoms with Crippen molar-refractivity contribution in [2.24, 2.45) is 0 Å². The molecule has 0 saturated carbocycles. The number of piperidine rings is 1. The maximum absolute atomic E-state index is 12.8. The summed E-state index contributed by atoms with van der Waals surface area (Å²) in [6, 6.07) is 7.45. The smallest absolute Gasteiger partial charge is 0.321 e. The summed E-state index contributed by atoms with van der Waals surface area (Å²) in [6.07, 6.45) is 4.92. The van der Waals surface area contributed by atoms with Crippen LogP contribution in [-0.2, 0) is 14.4 Å². The van der Waals surface area contributed by atoms with Crippen molar-refractivity contribution >= 4 is 35.5 Å². The van der Waals surface area contributed by atoms with Gasteiger partial charge in [0.2, 0.25) is 11.8 Å². The van der Waals surface area contributed by atoms with E-state index >= 15 is 0 Å². The minimum absolute atomic E-state index is 0.0920. The highest BCUT2D eigenvalue weighted by atomic mass is 16.2. The third kappa shape index (κ3) is 7.68. The van der Waals surface area contributed by atoms with E-state index in [1.807, 2.05) is 46.0 Å². The number of carbonyl (C=O) groups excluding carboxylic acids is 4. The molecular formula is C26H40N6O4. The van der Waals surface area contributed by atoms with E-state index in [2.05, 4.69) is 10.2 Å². The molecule has 0 bridgehead atoms. The van der Waals surface area contributed by atoms with Gasteiger partial charge in [0, 0.05) is 83.6 Å². The van der Waals surface area contributed by atoms with Gasteiger partial charge < -0.3 is 24.8 Å². The van der Waals surface area contributed by atoms with Gasteiger partial charge in [0.25, 0.3) is 0 Å². The fraction of sp³-hybridized carbons (Fsp3) is 0.615. The van der Waals surface area contributed by atoms with Crippen LogP contribution in [0.4, 0.5) is 16.2 Å². The van der Waals surface area contributed by atoms with Crippen molar-refractivity contribution in [1.82, 2.24) is 20.0 Å². The van der Waals surface area contributed by atoms with Crippen LogP contribution in [-0.4, -0.2) is 112 Å². The molecule has 0 atom stereocenters. The van der Waals surface area contributed by atoms with Crippen molar-refractivity contribution in [3.8, 4) is 0 Å². The Labute approximate surface area is 214 Å². The van der Waals surface area contributed by atoms with E-state index in [1.165, 1.54) is 6.42 Å². The van der Waals surface area contributed by atoms with E-state index in [-0.39, 0.29) is 24.3 Å². The first kappa shape index (κ1) is 27.4. The first-order valence-electron chi connectivity index (χ1n) is 12.9. The SMILES string of the molecule is CNC(=O)N(CCC=O)c1ccc(N2CCN(C(=O)CN(C)CCC(=O)N3CCCCC3)CC2)cc1. The molecule has 36 heavy (non-hydrogen) atoms. The van der Waals surface area contributed by atoms with Crippen LogP contribution in [0.1, 0.15) is 32.1 Å². The Morgan fingerprint density at radius 3 is 2.14 bits per heavy atom. The average Bonchev–Trinajstić information content (AvgIpc) is 2.92. The van der Waals surface area contributed by atoms with E-state index < -0.39 is 0 Å². The summed E-state index contributed by atoms with van der Waals surface area (Å²) in [6.45, 7) is 5.70. The molecule has 198 valence electrons. The van der Waals surface area contributed by atoms with Crippen LogP contribution >= 0.6 is 0 Å². The number of benzene rings is 1. The Hall–Kier alpha value is -3.14. The molecule has 1 N–H and O–H groups in total. The molecule has 2 fully saturated rings. The van der Waals surface area contributed by atoms with Crippen LogP contribution < -0.4 is 15.1 Å².